The van der Waals surface area contributed by atoms with Crippen molar-refractivity contribution >= 4 is 17.5 Å². The maximum Gasteiger partial charge on any atom is 0.147 e. The van der Waals surface area contributed by atoms with Crippen molar-refractivity contribution in [1.82, 2.24) is 0 Å². The summed E-state index contributed by atoms with van der Waals surface area (Å²) in [7, 11) is 0. The lowest BCUT2D eigenvalue weighted by Gasteiger charge is -2.09. The maximum atomic E-state index is 11.4. The summed E-state index contributed by atoms with van der Waals surface area (Å²) in [5.74, 6) is 0.368. The number of hydrogen-bond donors (Lipinski definition) is 1. The normalized spacial score (nSPS) is 25.9. The van der Waals surface area contributed by atoms with Crippen molar-refractivity contribution in [2.45, 2.75) is 30.4 Å². The first-order valence-electron chi connectivity index (χ1n) is 5.18. The molecule has 15 heavy (non-hydrogen) atoms. The van der Waals surface area contributed by atoms with E-state index in [1.807, 2.05) is 19.1 Å². The van der Waals surface area contributed by atoms with Crippen molar-refractivity contribution in [2.24, 2.45) is 5.73 Å². The van der Waals surface area contributed by atoms with Crippen LogP contribution in [-0.4, -0.2) is 11.0 Å². The number of carbonyl (C=O) groups is 1. The van der Waals surface area contributed by atoms with Gasteiger partial charge in [-0.15, -0.1) is 11.8 Å². The van der Waals surface area contributed by atoms with E-state index in [-0.39, 0.29) is 5.25 Å². The molecule has 0 aliphatic carbocycles. The standard InChI is InChI=1S/C12H15NOS/c1-8-11(14)6-12(15-8)10-4-2-9(7-13)3-5-10/h2-5,8,12H,6-7,13H2,1H3. The van der Waals surface area contributed by atoms with Crippen LogP contribution in [0.5, 0.6) is 0 Å². The van der Waals surface area contributed by atoms with E-state index in [2.05, 4.69) is 12.1 Å². The zero-order valence-electron chi connectivity index (χ0n) is 8.77. The topological polar surface area (TPSA) is 43.1 Å². The average Bonchev–Trinajstić information content (AvgIpc) is 2.59. The molecule has 0 aromatic heterocycles. The summed E-state index contributed by atoms with van der Waals surface area (Å²) in [5, 5.41) is 0.503. The summed E-state index contributed by atoms with van der Waals surface area (Å²) in [6.45, 7) is 2.56. The van der Waals surface area contributed by atoms with E-state index in [1.54, 1.807) is 11.8 Å². The van der Waals surface area contributed by atoms with Gasteiger partial charge in [-0.2, -0.15) is 0 Å². The van der Waals surface area contributed by atoms with Gasteiger partial charge in [0.1, 0.15) is 5.78 Å². The zero-order valence-corrected chi connectivity index (χ0v) is 9.59. The van der Waals surface area contributed by atoms with Gasteiger partial charge >= 0.3 is 0 Å². The molecular weight excluding hydrogens is 206 g/mol. The first kappa shape index (κ1) is 10.7. The second-order valence-corrected chi connectivity index (χ2v) is 5.43. The Morgan fingerprint density at radius 3 is 2.53 bits per heavy atom. The lowest BCUT2D eigenvalue weighted by Crippen LogP contribution is -2.03. The minimum absolute atomic E-state index is 0.157. The van der Waals surface area contributed by atoms with E-state index >= 15 is 0 Å². The zero-order chi connectivity index (χ0) is 10.8. The molecule has 2 atom stereocenters. The number of ketones is 1. The Hall–Kier alpha value is -0.800. The minimum atomic E-state index is 0.157. The molecule has 1 aliphatic heterocycles. The van der Waals surface area contributed by atoms with Crippen LogP contribution in [0.15, 0.2) is 24.3 Å². The molecule has 2 rings (SSSR count). The summed E-state index contributed by atoms with van der Waals surface area (Å²) < 4.78 is 0. The average molecular weight is 221 g/mol. The molecule has 3 heteroatoms. The second-order valence-electron chi connectivity index (χ2n) is 3.88. The van der Waals surface area contributed by atoms with Gasteiger partial charge in [0.05, 0.1) is 5.25 Å². The highest BCUT2D eigenvalue weighted by molar-refractivity contribution is 8.01. The Labute approximate surface area is 94.2 Å². The fourth-order valence-corrected chi connectivity index (χ4v) is 3.10. The van der Waals surface area contributed by atoms with Crippen LogP contribution in [0.25, 0.3) is 0 Å². The molecule has 1 aliphatic rings. The van der Waals surface area contributed by atoms with Gasteiger partial charge in [-0.25, -0.2) is 0 Å². The molecule has 1 fully saturated rings. The summed E-state index contributed by atoms with van der Waals surface area (Å²) in [5.41, 5.74) is 7.92. The molecule has 1 saturated heterocycles. The van der Waals surface area contributed by atoms with Crippen molar-refractivity contribution in [1.29, 1.82) is 0 Å². The van der Waals surface area contributed by atoms with E-state index < -0.39 is 0 Å². The molecule has 0 amide bonds. The van der Waals surface area contributed by atoms with Crippen molar-refractivity contribution < 1.29 is 4.79 Å². The maximum absolute atomic E-state index is 11.4. The van der Waals surface area contributed by atoms with E-state index in [0.29, 0.717) is 24.0 Å². The number of rotatable bonds is 2. The fraction of sp³-hybridized carbons (Fsp3) is 0.417. The molecule has 80 valence electrons. The van der Waals surface area contributed by atoms with Crippen LogP contribution in [0.4, 0.5) is 0 Å². The molecule has 0 radical (unpaired) electrons. The lowest BCUT2D eigenvalue weighted by atomic mass is 10.0. The number of benzene rings is 1. The van der Waals surface area contributed by atoms with Gasteiger partial charge in [0, 0.05) is 18.2 Å². The Bertz CT molecular complexity index is 360. The van der Waals surface area contributed by atoms with Crippen LogP contribution < -0.4 is 5.73 Å². The van der Waals surface area contributed by atoms with Crippen molar-refractivity contribution in [3.63, 3.8) is 0 Å². The SMILES string of the molecule is CC1SC(c2ccc(CN)cc2)CC1=O. The van der Waals surface area contributed by atoms with E-state index in [9.17, 15) is 4.79 Å². The van der Waals surface area contributed by atoms with Crippen molar-refractivity contribution in [2.75, 3.05) is 0 Å². The number of hydrogen-bond acceptors (Lipinski definition) is 3. The van der Waals surface area contributed by atoms with Crippen LogP contribution in [0.1, 0.15) is 29.7 Å². The number of nitrogens with two attached hydrogens (primary N) is 1. The summed E-state index contributed by atoms with van der Waals surface area (Å²) in [6.07, 6.45) is 0.674. The third kappa shape index (κ3) is 2.24. The molecule has 1 aromatic carbocycles. The van der Waals surface area contributed by atoms with Gasteiger partial charge in [0.25, 0.3) is 0 Å². The highest BCUT2D eigenvalue weighted by atomic mass is 32.2. The molecule has 2 N–H and O–H groups in total. The number of carbonyl (C=O) groups excluding carboxylic acids is 1. The highest BCUT2D eigenvalue weighted by Gasteiger charge is 2.30. The Balaban J connectivity index is 2.13. The summed E-state index contributed by atoms with van der Waals surface area (Å²) in [6, 6.07) is 8.27. The third-order valence-electron chi connectivity index (χ3n) is 2.80. The van der Waals surface area contributed by atoms with E-state index in [4.69, 9.17) is 5.73 Å². The molecule has 0 bridgehead atoms. The third-order valence-corrected chi connectivity index (χ3v) is 4.23. The highest BCUT2D eigenvalue weighted by Crippen LogP contribution is 2.42. The van der Waals surface area contributed by atoms with Gasteiger partial charge in [0.2, 0.25) is 0 Å². The lowest BCUT2D eigenvalue weighted by molar-refractivity contribution is -0.117. The Morgan fingerprint density at radius 1 is 1.40 bits per heavy atom. The number of thioether (sulfide) groups is 1. The molecule has 1 heterocycles. The molecule has 1 aromatic rings. The monoisotopic (exact) mass is 221 g/mol. The molecule has 0 spiro atoms. The smallest absolute Gasteiger partial charge is 0.147 e. The summed E-state index contributed by atoms with van der Waals surface area (Å²) >= 11 is 1.76. The van der Waals surface area contributed by atoms with E-state index in [0.717, 1.165) is 5.56 Å². The van der Waals surface area contributed by atoms with Gasteiger partial charge in [-0.05, 0) is 18.1 Å². The van der Waals surface area contributed by atoms with Crippen LogP contribution >= 0.6 is 11.8 Å². The minimum Gasteiger partial charge on any atom is -0.326 e. The fourth-order valence-electron chi connectivity index (χ4n) is 1.78. The van der Waals surface area contributed by atoms with E-state index in [1.165, 1.54) is 5.56 Å². The largest absolute Gasteiger partial charge is 0.326 e. The predicted molar refractivity (Wildman–Crippen MR) is 63.8 cm³/mol. The van der Waals surface area contributed by atoms with Crippen LogP contribution in [0.2, 0.25) is 0 Å². The Kier molecular flexibility index (Phi) is 3.12. The predicted octanol–water partition coefficient (Wildman–Crippen LogP) is 2.28. The second kappa shape index (κ2) is 4.37. The first-order chi connectivity index (χ1) is 7.20. The van der Waals surface area contributed by atoms with Gasteiger partial charge < -0.3 is 5.73 Å². The van der Waals surface area contributed by atoms with Crippen LogP contribution in [-0.2, 0) is 11.3 Å². The molecule has 2 unspecified atom stereocenters. The van der Waals surface area contributed by atoms with Crippen LogP contribution in [0, 0.1) is 0 Å². The first-order valence-corrected chi connectivity index (χ1v) is 6.12. The Morgan fingerprint density at radius 2 is 2.07 bits per heavy atom. The molecule has 2 nitrogen and oxygen atoms in total. The van der Waals surface area contributed by atoms with Crippen molar-refractivity contribution in [3.8, 4) is 0 Å². The number of Topliss-reactive ketones (excluding diaryl/α,β-unsaturated/α-hetero) is 1. The quantitative estimate of drug-likeness (QED) is 0.833. The van der Waals surface area contributed by atoms with Gasteiger partial charge in [-0.1, -0.05) is 24.3 Å². The summed E-state index contributed by atoms with van der Waals surface area (Å²) in [4.78, 5) is 11.4. The molecule has 0 saturated carbocycles. The van der Waals surface area contributed by atoms with Gasteiger partial charge in [-0.3, -0.25) is 4.79 Å². The van der Waals surface area contributed by atoms with Gasteiger partial charge in [0.15, 0.2) is 0 Å². The molecular formula is C12H15NOS. The van der Waals surface area contributed by atoms with Crippen LogP contribution in [0.3, 0.4) is 0 Å². The van der Waals surface area contributed by atoms with Crippen molar-refractivity contribution in [3.05, 3.63) is 35.4 Å².